The van der Waals surface area contributed by atoms with Gasteiger partial charge >= 0.3 is 0 Å². The van der Waals surface area contributed by atoms with Crippen LogP contribution in [0, 0.1) is 0 Å². The van der Waals surface area contributed by atoms with Crippen molar-refractivity contribution in [3.8, 4) is 0 Å². The van der Waals surface area contributed by atoms with Crippen LogP contribution in [0.15, 0.2) is 18.2 Å². The van der Waals surface area contributed by atoms with Gasteiger partial charge in [-0.1, -0.05) is 43.1 Å². The quantitative estimate of drug-likeness (QED) is 0.798. The SMILES string of the molecule is CCNC(c1ccc(Cl)c(Cl)c1)C(C)(CC)N1CCCC1. The van der Waals surface area contributed by atoms with E-state index in [1.165, 1.54) is 31.5 Å². The molecule has 0 saturated carbocycles. The fraction of sp³-hybridized carbons (Fsp3) is 0.647. The maximum absolute atomic E-state index is 6.24. The van der Waals surface area contributed by atoms with Crippen molar-refractivity contribution in [2.45, 2.75) is 51.6 Å². The van der Waals surface area contributed by atoms with E-state index in [1.54, 1.807) is 0 Å². The van der Waals surface area contributed by atoms with Gasteiger partial charge in [-0.15, -0.1) is 0 Å². The first-order chi connectivity index (χ1) is 10.0. The zero-order valence-corrected chi connectivity index (χ0v) is 14.8. The van der Waals surface area contributed by atoms with E-state index in [-0.39, 0.29) is 11.6 Å². The Morgan fingerprint density at radius 2 is 1.86 bits per heavy atom. The zero-order valence-electron chi connectivity index (χ0n) is 13.3. The van der Waals surface area contributed by atoms with Gasteiger partial charge in [0.15, 0.2) is 0 Å². The second kappa shape index (κ2) is 7.32. The lowest BCUT2D eigenvalue weighted by Crippen LogP contribution is -2.53. The molecule has 1 saturated heterocycles. The van der Waals surface area contributed by atoms with Crippen LogP contribution in [-0.2, 0) is 0 Å². The summed E-state index contributed by atoms with van der Waals surface area (Å²) < 4.78 is 0. The lowest BCUT2D eigenvalue weighted by atomic mass is 9.83. The molecule has 2 nitrogen and oxygen atoms in total. The summed E-state index contributed by atoms with van der Waals surface area (Å²) in [5.74, 6) is 0. The van der Waals surface area contributed by atoms with Gasteiger partial charge in [0, 0.05) is 5.54 Å². The molecule has 1 aliphatic rings. The number of nitrogens with zero attached hydrogens (tertiary/aromatic N) is 1. The highest BCUT2D eigenvalue weighted by Gasteiger charge is 2.39. The lowest BCUT2D eigenvalue weighted by molar-refractivity contribution is 0.0846. The summed E-state index contributed by atoms with van der Waals surface area (Å²) in [6.45, 7) is 10.1. The summed E-state index contributed by atoms with van der Waals surface area (Å²) in [6, 6.07) is 6.29. The number of likely N-dealkylation sites (N-methyl/N-ethyl adjacent to an activating group) is 1. The molecule has 1 aromatic carbocycles. The van der Waals surface area contributed by atoms with Gasteiger partial charge in [0.2, 0.25) is 0 Å². The van der Waals surface area contributed by atoms with Crippen molar-refractivity contribution in [2.75, 3.05) is 19.6 Å². The second-order valence-electron chi connectivity index (χ2n) is 6.07. The van der Waals surface area contributed by atoms with Crippen LogP contribution in [0.2, 0.25) is 10.0 Å². The third-order valence-electron chi connectivity index (χ3n) is 4.85. The lowest BCUT2D eigenvalue weighted by Gasteiger charge is -2.45. The fourth-order valence-corrected chi connectivity index (χ4v) is 3.74. The molecule has 0 radical (unpaired) electrons. The largest absolute Gasteiger partial charge is 0.309 e. The van der Waals surface area contributed by atoms with Crippen LogP contribution in [-0.4, -0.2) is 30.1 Å². The summed E-state index contributed by atoms with van der Waals surface area (Å²) >= 11 is 12.3. The molecule has 118 valence electrons. The van der Waals surface area contributed by atoms with Crippen LogP contribution >= 0.6 is 23.2 Å². The van der Waals surface area contributed by atoms with Gasteiger partial charge in [0.1, 0.15) is 0 Å². The Bertz CT molecular complexity index is 472. The molecule has 0 bridgehead atoms. The summed E-state index contributed by atoms with van der Waals surface area (Å²) in [4.78, 5) is 2.63. The van der Waals surface area contributed by atoms with Crippen molar-refractivity contribution in [2.24, 2.45) is 0 Å². The maximum Gasteiger partial charge on any atom is 0.0595 e. The Hall–Kier alpha value is -0.280. The summed E-state index contributed by atoms with van der Waals surface area (Å²) in [6.07, 6.45) is 3.70. The van der Waals surface area contributed by atoms with Crippen LogP contribution in [0.4, 0.5) is 0 Å². The number of hydrogen-bond donors (Lipinski definition) is 1. The van der Waals surface area contributed by atoms with Crippen molar-refractivity contribution in [1.29, 1.82) is 0 Å². The molecule has 2 unspecified atom stereocenters. The molecule has 1 aromatic rings. The smallest absolute Gasteiger partial charge is 0.0595 e. The Morgan fingerprint density at radius 1 is 1.19 bits per heavy atom. The topological polar surface area (TPSA) is 15.3 Å². The molecule has 21 heavy (non-hydrogen) atoms. The van der Waals surface area contributed by atoms with Crippen LogP contribution in [0.3, 0.4) is 0 Å². The molecule has 0 spiro atoms. The molecule has 0 amide bonds. The molecule has 1 aliphatic heterocycles. The minimum Gasteiger partial charge on any atom is -0.309 e. The van der Waals surface area contributed by atoms with Gasteiger partial charge < -0.3 is 5.32 Å². The first-order valence-electron chi connectivity index (χ1n) is 7.96. The predicted octanol–water partition coefficient (Wildman–Crippen LogP) is 4.91. The van der Waals surface area contributed by atoms with Crippen LogP contribution in [0.1, 0.15) is 51.6 Å². The second-order valence-corrected chi connectivity index (χ2v) is 6.88. The number of halogens is 2. The molecular formula is C17H26Cl2N2. The van der Waals surface area contributed by atoms with E-state index in [2.05, 4.69) is 37.1 Å². The maximum atomic E-state index is 6.24. The Labute approximate surface area is 138 Å². The molecule has 0 aliphatic carbocycles. The molecule has 2 rings (SSSR count). The van der Waals surface area contributed by atoms with Crippen molar-refractivity contribution in [1.82, 2.24) is 10.2 Å². The van der Waals surface area contributed by atoms with Crippen molar-refractivity contribution < 1.29 is 0 Å². The van der Waals surface area contributed by atoms with Crippen molar-refractivity contribution in [3.63, 3.8) is 0 Å². The Balaban J connectivity index is 2.37. The van der Waals surface area contributed by atoms with E-state index in [0.29, 0.717) is 10.0 Å². The van der Waals surface area contributed by atoms with Gasteiger partial charge in [-0.2, -0.15) is 0 Å². The van der Waals surface area contributed by atoms with Crippen LogP contribution < -0.4 is 5.32 Å². The summed E-state index contributed by atoms with van der Waals surface area (Å²) in [5.41, 5.74) is 1.33. The highest BCUT2D eigenvalue weighted by atomic mass is 35.5. The average molecular weight is 329 g/mol. The van der Waals surface area contributed by atoms with E-state index in [9.17, 15) is 0 Å². The van der Waals surface area contributed by atoms with Gasteiger partial charge in [-0.3, -0.25) is 4.90 Å². The summed E-state index contributed by atoms with van der Waals surface area (Å²) in [5, 5.41) is 4.93. The van der Waals surface area contributed by atoms with E-state index >= 15 is 0 Å². The van der Waals surface area contributed by atoms with E-state index in [4.69, 9.17) is 23.2 Å². The zero-order chi connectivity index (χ0) is 15.5. The fourth-order valence-electron chi connectivity index (χ4n) is 3.43. The number of hydrogen-bond acceptors (Lipinski definition) is 2. The minimum absolute atomic E-state index is 0.101. The molecule has 0 aromatic heterocycles. The van der Waals surface area contributed by atoms with Crippen molar-refractivity contribution in [3.05, 3.63) is 33.8 Å². The van der Waals surface area contributed by atoms with Gasteiger partial charge in [0.05, 0.1) is 16.1 Å². The van der Waals surface area contributed by atoms with Crippen LogP contribution in [0.5, 0.6) is 0 Å². The van der Waals surface area contributed by atoms with E-state index in [1.807, 2.05) is 12.1 Å². The molecule has 1 N–H and O–H groups in total. The van der Waals surface area contributed by atoms with Gasteiger partial charge in [-0.25, -0.2) is 0 Å². The Kier molecular flexibility index (Phi) is 5.96. The first-order valence-corrected chi connectivity index (χ1v) is 8.72. The highest BCUT2D eigenvalue weighted by Crippen LogP contribution is 2.38. The van der Waals surface area contributed by atoms with E-state index in [0.717, 1.165) is 13.0 Å². The average Bonchev–Trinajstić information content (AvgIpc) is 3.02. The predicted molar refractivity (Wildman–Crippen MR) is 92.4 cm³/mol. The normalized spacial score (nSPS) is 20.4. The standard InChI is InChI=1S/C17H26Cl2N2/c1-4-17(3,21-10-6-7-11-21)16(20-5-2)13-8-9-14(18)15(19)12-13/h8-9,12,16,20H,4-7,10-11H2,1-3H3. The number of rotatable bonds is 6. The van der Waals surface area contributed by atoms with Gasteiger partial charge in [-0.05, 0) is 63.5 Å². The third kappa shape index (κ3) is 3.56. The highest BCUT2D eigenvalue weighted by molar-refractivity contribution is 6.42. The van der Waals surface area contributed by atoms with E-state index < -0.39 is 0 Å². The van der Waals surface area contributed by atoms with Crippen LogP contribution in [0.25, 0.3) is 0 Å². The molecule has 1 heterocycles. The molecule has 2 atom stereocenters. The number of likely N-dealkylation sites (tertiary alicyclic amines) is 1. The number of benzene rings is 1. The molecular weight excluding hydrogens is 303 g/mol. The summed E-state index contributed by atoms with van der Waals surface area (Å²) in [7, 11) is 0. The molecule has 1 fully saturated rings. The third-order valence-corrected chi connectivity index (χ3v) is 5.59. The first kappa shape index (κ1) is 17.1. The minimum atomic E-state index is 0.101. The van der Waals surface area contributed by atoms with Gasteiger partial charge in [0.25, 0.3) is 0 Å². The monoisotopic (exact) mass is 328 g/mol. The number of nitrogens with one attached hydrogen (secondary N) is 1. The Morgan fingerprint density at radius 3 is 2.38 bits per heavy atom. The molecule has 4 heteroatoms. The van der Waals surface area contributed by atoms with Crippen molar-refractivity contribution >= 4 is 23.2 Å².